The van der Waals surface area contributed by atoms with Gasteiger partial charge in [-0.3, -0.25) is 68.2 Å². The van der Waals surface area contributed by atoms with E-state index < -0.39 is 70.2 Å². The molecule has 3 aromatic heterocycles. The summed E-state index contributed by atoms with van der Waals surface area (Å²) in [6.07, 6.45) is 0.509. The number of anilines is 3. The van der Waals surface area contributed by atoms with Gasteiger partial charge in [-0.15, -0.1) is 5.10 Å². The number of amides is 6. The summed E-state index contributed by atoms with van der Waals surface area (Å²) in [5.74, 6) is -1.36. The molecule has 9 aromatic rings. The standard InChI is InChI=1S/C64H57Cl2N13O12/c1-32-70-46-24-36(31-90-40-13-11-37(51(26-40)89-3)28-68-42-5-4-6-44-55(42)64(88)79(76-75-44)49-18-22-54(82)74-61(49)85)23-45(56(46)62(86)77(32)47-16-20-52(80)72-59(47)83)67-27-34-7-9-35(10-8-34)30-91-50-19-15-43(69-29-38-25-39(65)12-14-41(38)66)57-58(50)71-33(2)78(63(57)87)48-17-21-53(81)73-60(48)84/h4-15,19,23-26,47-49,67-69H,16-18,20-22,27-31H2,1-3H3,(H,72,80,83)(H,73,81,84)(H,74,82,85). The van der Waals surface area contributed by atoms with Gasteiger partial charge in [0, 0.05) is 77.6 Å². The molecule has 3 fully saturated rings. The van der Waals surface area contributed by atoms with Crippen LogP contribution in [0.5, 0.6) is 17.2 Å². The summed E-state index contributed by atoms with van der Waals surface area (Å²) in [7, 11) is 1.52. The topological polar surface area (TPSA) is 320 Å². The van der Waals surface area contributed by atoms with Gasteiger partial charge in [-0.25, -0.2) is 9.97 Å². The Hall–Kier alpha value is -10.5. The Morgan fingerprint density at radius 3 is 1.79 bits per heavy atom. The SMILES string of the molecule is COc1cc(OCc2cc(NCc3ccc(COc4ccc(NCc5cc(Cl)ccc5Cl)c5c(=O)n(C6CCC(=O)NC6=O)c(C)nc45)cc3)c3c(=O)n(C4CCC(=O)NC4=O)c(C)nc3c2)ccc1CNc1cccc2nnn(C3CCC(=O)NC3=O)c(=O)c12. The van der Waals surface area contributed by atoms with Crippen molar-refractivity contribution in [3.8, 4) is 17.2 Å². The first-order valence-electron chi connectivity index (χ1n) is 29.1. The molecule has 6 amide bonds. The van der Waals surface area contributed by atoms with Crippen LogP contribution in [0.25, 0.3) is 32.7 Å². The van der Waals surface area contributed by atoms with Gasteiger partial charge < -0.3 is 30.2 Å². The van der Waals surface area contributed by atoms with E-state index in [-0.39, 0.29) is 105 Å². The van der Waals surface area contributed by atoms with Crippen molar-refractivity contribution in [2.75, 3.05) is 23.1 Å². The Labute approximate surface area is 526 Å². The van der Waals surface area contributed by atoms with Crippen molar-refractivity contribution in [2.24, 2.45) is 0 Å². The Bertz CT molecular complexity index is 4710. The van der Waals surface area contributed by atoms with Gasteiger partial charge in [0.15, 0.2) is 0 Å². The lowest BCUT2D eigenvalue weighted by Crippen LogP contribution is -2.45. The average molecular weight is 1270 g/mol. The van der Waals surface area contributed by atoms with Crippen molar-refractivity contribution in [1.29, 1.82) is 0 Å². The molecule has 0 radical (unpaired) electrons. The fourth-order valence-corrected chi connectivity index (χ4v) is 12.0. The maximum atomic E-state index is 14.7. The predicted octanol–water partition coefficient (Wildman–Crippen LogP) is 7.07. The van der Waals surface area contributed by atoms with E-state index in [0.29, 0.717) is 72.1 Å². The van der Waals surface area contributed by atoms with Crippen molar-refractivity contribution in [2.45, 2.75) is 103 Å². The van der Waals surface area contributed by atoms with E-state index in [2.05, 4.69) is 42.2 Å². The molecule has 3 saturated heterocycles. The highest BCUT2D eigenvalue weighted by Gasteiger charge is 2.34. The number of carbonyl (C=O) groups excluding carboxylic acids is 6. The molecule has 3 unspecified atom stereocenters. The van der Waals surface area contributed by atoms with Crippen LogP contribution in [-0.4, -0.2) is 76.6 Å². The number of imide groups is 3. The number of ether oxygens (including phenoxy) is 3. The van der Waals surface area contributed by atoms with Gasteiger partial charge in [0.05, 0.1) is 28.8 Å². The molecular weight excluding hydrogens is 1210 g/mol. The molecule has 464 valence electrons. The third-order valence-electron chi connectivity index (χ3n) is 16.2. The Kier molecular flexibility index (Phi) is 17.0. The lowest BCUT2D eigenvalue weighted by molar-refractivity contribution is -0.137. The second kappa shape index (κ2) is 25.5. The molecule has 3 atom stereocenters. The van der Waals surface area contributed by atoms with Gasteiger partial charge in [0.25, 0.3) is 22.6 Å². The number of methoxy groups -OCH3 is 1. The molecule has 6 aromatic carbocycles. The molecule has 0 spiro atoms. The van der Waals surface area contributed by atoms with Crippen LogP contribution >= 0.6 is 23.2 Å². The highest BCUT2D eigenvalue weighted by Crippen LogP contribution is 2.34. The first kappa shape index (κ1) is 60.7. The fourth-order valence-electron chi connectivity index (χ4n) is 11.6. The van der Waals surface area contributed by atoms with Crippen LogP contribution in [0.15, 0.2) is 118 Å². The molecular formula is C64H57Cl2N13O12. The molecule has 6 heterocycles. The predicted molar refractivity (Wildman–Crippen MR) is 336 cm³/mol. The number of carbonyl (C=O) groups is 6. The largest absolute Gasteiger partial charge is 0.496 e. The number of aryl methyl sites for hydroxylation is 2. The number of rotatable bonds is 19. The molecule has 0 aliphatic carbocycles. The maximum absolute atomic E-state index is 14.7. The van der Waals surface area contributed by atoms with Crippen molar-refractivity contribution in [3.05, 3.63) is 184 Å². The first-order chi connectivity index (χ1) is 43.9. The van der Waals surface area contributed by atoms with E-state index in [1.165, 1.54) is 16.2 Å². The monoisotopic (exact) mass is 1270 g/mol. The van der Waals surface area contributed by atoms with Crippen LogP contribution in [0, 0.1) is 13.8 Å². The summed E-state index contributed by atoms with van der Waals surface area (Å²) in [6, 6.07) is 26.9. The van der Waals surface area contributed by atoms with Crippen molar-refractivity contribution >= 4 is 108 Å². The van der Waals surface area contributed by atoms with Crippen LogP contribution in [0.2, 0.25) is 10.0 Å². The Morgan fingerprint density at radius 2 is 1.12 bits per heavy atom. The summed E-state index contributed by atoms with van der Waals surface area (Å²) >= 11 is 12.8. The van der Waals surface area contributed by atoms with E-state index in [1.54, 1.807) is 86.6 Å². The number of benzene rings is 6. The molecule has 25 nitrogen and oxygen atoms in total. The smallest absolute Gasteiger partial charge is 0.280 e. The zero-order valence-electron chi connectivity index (χ0n) is 49.1. The molecule has 3 aliphatic rings. The quantitative estimate of drug-likeness (QED) is 0.0441. The zero-order valence-corrected chi connectivity index (χ0v) is 50.6. The lowest BCUT2D eigenvalue weighted by atomic mass is 10.0. The number of nitrogens with zero attached hydrogens (tertiary/aromatic N) is 7. The summed E-state index contributed by atoms with van der Waals surface area (Å²) in [6.45, 7) is 3.96. The summed E-state index contributed by atoms with van der Waals surface area (Å²) in [4.78, 5) is 128. The van der Waals surface area contributed by atoms with E-state index in [4.69, 9.17) is 47.4 Å². The highest BCUT2D eigenvalue weighted by molar-refractivity contribution is 6.33. The molecule has 0 saturated carbocycles. The van der Waals surface area contributed by atoms with E-state index in [9.17, 15) is 43.2 Å². The first-order valence-corrected chi connectivity index (χ1v) is 29.8. The van der Waals surface area contributed by atoms with Crippen molar-refractivity contribution in [1.82, 2.24) is 50.0 Å². The van der Waals surface area contributed by atoms with Gasteiger partial charge >= 0.3 is 0 Å². The number of nitrogens with one attached hydrogen (secondary N) is 6. The van der Waals surface area contributed by atoms with Crippen LogP contribution in [-0.2, 0) is 61.6 Å². The zero-order chi connectivity index (χ0) is 63.8. The molecule has 6 N–H and O–H groups in total. The van der Waals surface area contributed by atoms with Crippen LogP contribution in [0.1, 0.15) is 96.1 Å². The Morgan fingerprint density at radius 1 is 0.527 bits per heavy atom. The van der Waals surface area contributed by atoms with E-state index in [1.807, 2.05) is 30.3 Å². The third kappa shape index (κ3) is 12.5. The minimum Gasteiger partial charge on any atom is -0.496 e. The molecule has 12 rings (SSSR count). The minimum absolute atomic E-state index is 0.0188. The second-order valence-corrected chi connectivity index (χ2v) is 23.0. The third-order valence-corrected chi connectivity index (χ3v) is 16.8. The number of hydrogen-bond acceptors (Lipinski definition) is 19. The number of piperidine rings is 3. The number of halogens is 2. The lowest BCUT2D eigenvalue weighted by Gasteiger charge is -2.25. The Balaban J connectivity index is 0.776. The normalized spacial score (nSPS) is 16.8. The van der Waals surface area contributed by atoms with Gasteiger partial charge in [-0.05, 0) is 122 Å². The summed E-state index contributed by atoms with van der Waals surface area (Å²) in [5.41, 5.74) is 4.22. The second-order valence-electron chi connectivity index (χ2n) is 22.1. The molecule has 27 heteroatoms. The van der Waals surface area contributed by atoms with Gasteiger partial charge in [0.1, 0.15) is 71.3 Å². The van der Waals surface area contributed by atoms with Crippen LogP contribution < -0.4 is 62.8 Å². The fraction of sp³-hybridized carbons (Fsp3) is 0.266. The number of fused-ring (bicyclic) bond motifs is 3. The number of aromatic nitrogens is 7. The van der Waals surface area contributed by atoms with Crippen LogP contribution in [0.4, 0.5) is 17.1 Å². The average Bonchev–Trinajstić information content (AvgIpc) is 0.869. The highest BCUT2D eigenvalue weighted by atomic mass is 35.5. The van der Waals surface area contributed by atoms with Crippen molar-refractivity contribution < 1.29 is 43.0 Å². The maximum Gasteiger partial charge on any atom is 0.280 e. The summed E-state index contributed by atoms with van der Waals surface area (Å²) < 4.78 is 22.2. The number of hydrogen-bond donors (Lipinski definition) is 6. The molecule has 0 bridgehead atoms. The van der Waals surface area contributed by atoms with E-state index >= 15 is 0 Å². The molecule has 91 heavy (non-hydrogen) atoms. The van der Waals surface area contributed by atoms with E-state index in [0.717, 1.165) is 15.8 Å². The van der Waals surface area contributed by atoms with Gasteiger partial charge in [-0.2, -0.15) is 4.68 Å². The van der Waals surface area contributed by atoms with Gasteiger partial charge in [-0.1, -0.05) is 58.7 Å². The van der Waals surface area contributed by atoms with Crippen LogP contribution in [0.3, 0.4) is 0 Å². The van der Waals surface area contributed by atoms with Crippen molar-refractivity contribution in [3.63, 3.8) is 0 Å². The summed E-state index contributed by atoms with van der Waals surface area (Å²) in [5, 5.41) is 26.7. The minimum atomic E-state index is -0.993. The van der Waals surface area contributed by atoms with Gasteiger partial charge in [0.2, 0.25) is 29.5 Å². The molecule has 3 aliphatic heterocycles.